The Hall–Kier alpha value is -3.80. The lowest BCUT2D eigenvalue weighted by Gasteiger charge is -2.36. The Morgan fingerprint density at radius 2 is 1.78 bits per heavy atom. The number of Topliss-reactive ketones (excluding diaryl/α,β-unsaturated/α-hetero) is 1. The van der Waals surface area contributed by atoms with E-state index < -0.39 is 35.9 Å². The zero-order valence-electron chi connectivity index (χ0n) is 22.0. The van der Waals surface area contributed by atoms with Crippen molar-refractivity contribution in [2.75, 3.05) is 40.2 Å². The van der Waals surface area contributed by atoms with Crippen molar-refractivity contribution in [1.82, 2.24) is 9.80 Å². The fourth-order valence-electron chi connectivity index (χ4n) is 5.96. The van der Waals surface area contributed by atoms with Crippen molar-refractivity contribution in [3.05, 3.63) is 74.9 Å². The molecule has 4 unspecified atom stereocenters. The minimum Gasteiger partial charge on any atom is -0.497 e. The average Bonchev–Trinajstić information content (AvgIpc) is 3.73. The molecule has 4 atom stereocenters. The topological polar surface area (TPSA) is 115 Å². The Morgan fingerprint density at radius 1 is 1.00 bits per heavy atom. The minimum atomic E-state index is -1.36. The van der Waals surface area contributed by atoms with Crippen molar-refractivity contribution in [1.29, 1.82) is 0 Å². The van der Waals surface area contributed by atoms with Gasteiger partial charge in [-0.2, -0.15) is 0 Å². The maximum absolute atomic E-state index is 14.4. The van der Waals surface area contributed by atoms with Gasteiger partial charge in [-0.05, 0) is 47.5 Å². The number of carbonyl (C=O) groups is 3. The lowest BCUT2D eigenvalue weighted by Crippen LogP contribution is -2.52. The number of rotatable bonds is 6. The molecule has 3 aliphatic rings. The molecule has 12 heteroatoms. The van der Waals surface area contributed by atoms with E-state index in [0.717, 1.165) is 11.3 Å². The molecule has 3 aromatic rings. The summed E-state index contributed by atoms with van der Waals surface area (Å²) in [5.41, 5.74) is 1.13. The largest absolute Gasteiger partial charge is 0.497 e. The predicted octanol–water partition coefficient (Wildman–Crippen LogP) is 4.68. The van der Waals surface area contributed by atoms with Crippen LogP contribution in [0.4, 0.5) is 4.79 Å². The van der Waals surface area contributed by atoms with E-state index in [4.69, 9.17) is 30.5 Å². The van der Waals surface area contributed by atoms with Crippen LogP contribution in [0.25, 0.3) is 0 Å². The summed E-state index contributed by atoms with van der Waals surface area (Å²) in [6.07, 6.45) is 0. The molecule has 2 saturated heterocycles. The highest BCUT2D eigenvalue weighted by molar-refractivity contribution is 7.18. The highest BCUT2D eigenvalue weighted by Crippen LogP contribution is 2.53. The van der Waals surface area contributed by atoms with Crippen LogP contribution in [-0.2, 0) is 9.53 Å². The summed E-state index contributed by atoms with van der Waals surface area (Å²) in [5.74, 6) is -1.90. The zero-order chi connectivity index (χ0) is 28.7. The van der Waals surface area contributed by atoms with Crippen LogP contribution in [-0.4, -0.2) is 78.9 Å². The number of carboxylic acid groups (broad SMARTS) is 1. The van der Waals surface area contributed by atoms with E-state index in [0.29, 0.717) is 63.9 Å². The van der Waals surface area contributed by atoms with Gasteiger partial charge in [0, 0.05) is 19.0 Å². The van der Waals surface area contributed by atoms with Crippen molar-refractivity contribution in [3.8, 4) is 17.2 Å². The quantitative estimate of drug-likeness (QED) is 0.407. The maximum atomic E-state index is 14.4. The molecular weight excluding hydrogens is 572 g/mol. The third-order valence-corrected chi connectivity index (χ3v) is 9.00. The number of hydrogen-bond acceptors (Lipinski definition) is 8. The number of likely N-dealkylation sites (tertiary alicyclic amines) is 1. The number of fused-ring (bicyclic) bond motifs is 1. The van der Waals surface area contributed by atoms with Crippen LogP contribution < -0.4 is 14.2 Å². The number of urea groups is 1. The van der Waals surface area contributed by atoms with E-state index in [1.807, 2.05) is 0 Å². The van der Waals surface area contributed by atoms with Gasteiger partial charge in [0.15, 0.2) is 17.3 Å². The lowest BCUT2D eigenvalue weighted by molar-refractivity contribution is -0.142. The summed E-state index contributed by atoms with van der Waals surface area (Å²) in [4.78, 5) is 45.2. The van der Waals surface area contributed by atoms with Crippen LogP contribution >= 0.6 is 22.9 Å². The predicted molar refractivity (Wildman–Crippen MR) is 149 cm³/mol. The van der Waals surface area contributed by atoms with Crippen molar-refractivity contribution < 1.29 is 38.4 Å². The van der Waals surface area contributed by atoms with E-state index in [-0.39, 0.29) is 12.6 Å². The summed E-state index contributed by atoms with van der Waals surface area (Å²) in [6.45, 7) is 1.32. The molecule has 1 N–H and O–H groups in total. The molecule has 3 aliphatic heterocycles. The number of benzene rings is 2. The summed E-state index contributed by atoms with van der Waals surface area (Å²) >= 11 is 7.34. The van der Waals surface area contributed by atoms with Gasteiger partial charge >= 0.3 is 12.0 Å². The molecular formula is C29H27ClN2O8S. The number of methoxy groups -OCH3 is 1. The third-order valence-electron chi connectivity index (χ3n) is 7.76. The number of amides is 2. The first-order valence-corrected chi connectivity index (χ1v) is 14.3. The van der Waals surface area contributed by atoms with E-state index in [2.05, 4.69) is 0 Å². The van der Waals surface area contributed by atoms with E-state index in [9.17, 15) is 19.5 Å². The SMILES string of the molecule is COc1cccc(C2C(C(=O)c3ccc(Cl)s3)C(c3ccc4c(c3)OCO4)N(C(=O)N3CCOCC3)C2C(=O)O)c1. The maximum Gasteiger partial charge on any atom is 0.327 e. The first-order valence-electron chi connectivity index (χ1n) is 13.1. The van der Waals surface area contributed by atoms with Gasteiger partial charge in [-0.15, -0.1) is 11.3 Å². The minimum absolute atomic E-state index is 0.0418. The summed E-state index contributed by atoms with van der Waals surface area (Å²) in [7, 11) is 1.52. The van der Waals surface area contributed by atoms with Gasteiger partial charge in [0.2, 0.25) is 6.79 Å². The van der Waals surface area contributed by atoms with Crippen LogP contribution in [0.2, 0.25) is 4.34 Å². The molecule has 1 aromatic heterocycles. The van der Waals surface area contributed by atoms with Gasteiger partial charge in [0.05, 0.1) is 41.5 Å². The van der Waals surface area contributed by atoms with Crippen LogP contribution in [0, 0.1) is 5.92 Å². The van der Waals surface area contributed by atoms with Crippen LogP contribution in [0.3, 0.4) is 0 Å². The molecule has 10 nitrogen and oxygen atoms in total. The van der Waals surface area contributed by atoms with Crippen LogP contribution in [0.1, 0.15) is 32.8 Å². The second-order valence-corrected chi connectivity index (χ2v) is 11.6. The number of thiophene rings is 1. The van der Waals surface area contributed by atoms with E-state index in [1.165, 1.54) is 12.0 Å². The molecule has 0 aliphatic carbocycles. The highest BCUT2D eigenvalue weighted by atomic mass is 35.5. The van der Waals surface area contributed by atoms with Gasteiger partial charge in [-0.1, -0.05) is 29.8 Å². The number of ketones is 1. The molecule has 6 rings (SSSR count). The smallest absolute Gasteiger partial charge is 0.327 e. The van der Waals surface area contributed by atoms with Gasteiger partial charge in [-0.25, -0.2) is 9.59 Å². The number of nitrogens with zero attached hydrogens (tertiary/aromatic N) is 2. The normalized spacial score (nSPS) is 23.5. The summed E-state index contributed by atoms with van der Waals surface area (Å²) in [5, 5.41) is 10.7. The first-order chi connectivity index (χ1) is 19.9. The van der Waals surface area contributed by atoms with Crippen molar-refractivity contribution in [2.24, 2.45) is 5.92 Å². The molecule has 2 amide bonds. The second kappa shape index (κ2) is 11.2. The highest BCUT2D eigenvalue weighted by Gasteiger charge is 2.58. The second-order valence-electron chi connectivity index (χ2n) is 9.93. The number of aliphatic carboxylic acids is 1. The van der Waals surface area contributed by atoms with Gasteiger partial charge < -0.3 is 33.9 Å². The Bertz CT molecular complexity index is 1490. The molecule has 214 valence electrons. The standard InChI is InChI=1S/C29H27ClN2O8S/c1-37-18-4-2-3-16(13-18)23-24(27(33)21-7-8-22(30)41-21)25(17-5-6-19-20(14-17)40-15-39-19)32(26(23)28(34)35)29(36)31-9-11-38-12-10-31/h2-8,13-14,23-26H,9-12,15H2,1H3,(H,34,35). The van der Waals surface area contributed by atoms with E-state index >= 15 is 0 Å². The van der Waals surface area contributed by atoms with Gasteiger partial charge in [0.25, 0.3) is 0 Å². The molecule has 0 saturated carbocycles. The number of carbonyl (C=O) groups excluding carboxylic acids is 2. The molecule has 2 fully saturated rings. The lowest BCUT2D eigenvalue weighted by atomic mass is 9.77. The van der Waals surface area contributed by atoms with Crippen LogP contribution in [0.5, 0.6) is 17.2 Å². The zero-order valence-corrected chi connectivity index (χ0v) is 23.6. The van der Waals surface area contributed by atoms with Crippen molar-refractivity contribution in [2.45, 2.75) is 18.0 Å². The average molecular weight is 599 g/mol. The Labute approximate surface area is 244 Å². The van der Waals surface area contributed by atoms with Crippen LogP contribution in [0.15, 0.2) is 54.6 Å². The number of morpholine rings is 1. The summed E-state index contributed by atoms with van der Waals surface area (Å²) in [6, 6.07) is 12.7. The Balaban J connectivity index is 1.57. The number of halogens is 1. The summed E-state index contributed by atoms with van der Waals surface area (Å²) < 4.78 is 22.4. The molecule has 2 aromatic carbocycles. The van der Waals surface area contributed by atoms with Crippen molar-refractivity contribution in [3.63, 3.8) is 0 Å². The molecule has 0 radical (unpaired) electrons. The molecule has 0 bridgehead atoms. The van der Waals surface area contributed by atoms with Gasteiger partial charge in [0.1, 0.15) is 11.8 Å². The molecule has 0 spiro atoms. The van der Waals surface area contributed by atoms with E-state index in [1.54, 1.807) is 59.5 Å². The Kier molecular flexibility index (Phi) is 7.50. The number of carboxylic acids is 1. The number of hydrogen-bond donors (Lipinski definition) is 1. The van der Waals surface area contributed by atoms with Crippen molar-refractivity contribution >= 4 is 40.7 Å². The fourth-order valence-corrected chi connectivity index (χ4v) is 6.99. The Morgan fingerprint density at radius 3 is 2.49 bits per heavy atom. The monoisotopic (exact) mass is 598 g/mol. The molecule has 4 heterocycles. The fraction of sp³-hybridized carbons (Fsp3) is 0.345. The number of ether oxygens (including phenoxy) is 4. The third kappa shape index (κ3) is 4.98. The first kappa shape index (κ1) is 27.4. The van der Waals surface area contributed by atoms with Gasteiger partial charge in [-0.3, -0.25) is 4.79 Å². The molecule has 41 heavy (non-hydrogen) atoms.